The fourth-order valence-electron chi connectivity index (χ4n) is 1.58. The predicted octanol–water partition coefficient (Wildman–Crippen LogP) is 1.38. The lowest BCUT2D eigenvalue weighted by Gasteiger charge is -2.13. The zero-order valence-corrected chi connectivity index (χ0v) is 10.4. The van der Waals surface area contributed by atoms with Crippen LogP contribution in [0.25, 0.3) is 0 Å². The maximum atomic E-state index is 11.7. The first-order valence-corrected chi connectivity index (χ1v) is 6.05. The molecule has 0 fully saturated rings. The first kappa shape index (κ1) is 14.2. The number of hydrogen-bond donors (Lipinski definition) is 2. The van der Waals surface area contributed by atoms with Crippen LogP contribution in [-0.4, -0.2) is 28.0 Å². The average molecular weight is 250 g/mol. The third kappa shape index (κ3) is 4.95. The number of nitrogens with one attached hydrogen (secondary N) is 1. The Morgan fingerprint density at radius 2 is 2.22 bits per heavy atom. The van der Waals surface area contributed by atoms with E-state index in [0.717, 1.165) is 12.8 Å². The highest BCUT2D eigenvalue weighted by atomic mass is 16.4. The minimum atomic E-state index is -0.988. The fraction of sp³-hybridized carbons (Fsp3) is 0.462. The van der Waals surface area contributed by atoms with Gasteiger partial charge in [0, 0.05) is 11.9 Å². The molecule has 0 aliphatic rings. The van der Waals surface area contributed by atoms with E-state index in [9.17, 15) is 9.59 Å². The highest BCUT2D eigenvalue weighted by Crippen LogP contribution is 2.02. The number of hydrogen-bond acceptors (Lipinski definition) is 3. The molecular weight excluding hydrogens is 232 g/mol. The van der Waals surface area contributed by atoms with Crippen LogP contribution in [0.15, 0.2) is 24.4 Å². The van der Waals surface area contributed by atoms with Crippen molar-refractivity contribution < 1.29 is 14.7 Å². The molecule has 2 N–H and O–H groups in total. The summed E-state index contributed by atoms with van der Waals surface area (Å²) in [5.74, 6) is -1.30. The van der Waals surface area contributed by atoms with Crippen LogP contribution in [0.2, 0.25) is 0 Å². The highest BCUT2D eigenvalue weighted by molar-refractivity contribution is 5.84. The van der Waals surface area contributed by atoms with Crippen molar-refractivity contribution in [2.75, 3.05) is 0 Å². The van der Waals surface area contributed by atoms with Gasteiger partial charge in [0.25, 0.3) is 0 Å². The van der Waals surface area contributed by atoms with Gasteiger partial charge in [-0.2, -0.15) is 0 Å². The average Bonchev–Trinajstić information content (AvgIpc) is 2.35. The number of amides is 1. The molecule has 0 aliphatic heterocycles. The van der Waals surface area contributed by atoms with Gasteiger partial charge in [0.15, 0.2) is 0 Å². The second-order valence-corrected chi connectivity index (χ2v) is 4.10. The molecule has 0 aliphatic carbocycles. The van der Waals surface area contributed by atoms with Crippen molar-refractivity contribution in [1.82, 2.24) is 10.3 Å². The lowest BCUT2D eigenvalue weighted by Crippen LogP contribution is -2.41. The van der Waals surface area contributed by atoms with Crippen LogP contribution in [0.4, 0.5) is 0 Å². The summed E-state index contributed by atoms with van der Waals surface area (Å²) in [6, 6.07) is 4.49. The van der Waals surface area contributed by atoms with E-state index in [2.05, 4.69) is 10.3 Å². The van der Waals surface area contributed by atoms with Crippen molar-refractivity contribution in [3.05, 3.63) is 30.1 Å². The molecule has 1 atom stereocenters. The molecule has 0 bridgehead atoms. The first-order valence-electron chi connectivity index (χ1n) is 6.05. The molecule has 98 valence electrons. The van der Waals surface area contributed by atoms with Crippen LogP contribution >= 0.6 is 0 Å². The van der Waals surface area contributed by atoms with Gasteiger partial charge in [-0.1, -0.05) is 25.8 Å². The molecule has 1 amide bonds. The summed E-state index contributed by atoms with van der Waals surface area (Å²) in [6.45, 7) is 1.98. The number of aliphatic carboxylic acids is 1. The van der Waals surface area contributed by atoms with Crippen LogP contribution in [0.1, 0.15) is 31.9 Å². The molecule has 1 rings (SSSR count). The van der Waals surface area contributed by atoms with E-state index in [1.165, 1.54) is 0 Å². The lowest BCUT2D eigenvalue weighted by molar-refractivity contribution is -0.142. The molecule has 1 aromatic heterocycles. The maximum Gasteiger partial charge on any atom is 0.326 e. The quantitative estimate of drug-likeness (QED) is 0.766. The number of nitrogens with zero attached hydrogens (tertiary/aromatic N) is 1. The summed E-state index contributed by atoms with van der Waals surface area (Å²) < 4.78 is 0. The molecule has 0 saturated heterocycles. The van der Waals surface area contributed by atoms with E-state index in [1.54, 1.807) is 24.4 Å². The molecule has 5 heteroatoms. The highest BCUT2D eigenvalue weighted by Gasteiger charge is 2.19. The number of carbonyl (C=O) groups excluding carboxylic acids is 1. The Hall–Kier alpha value is -1.91. The number of carboxylic acid groups (broad SMARTS) is 1. The third-order valence-corrected chi connectivity index (χ3v) is 2.55. The van der Waals surface area contributed by atoms with E-state index in [1.807, 2.05) is 6.92 Å². The molecule has 0 saturated carbocycles. The Labute approximate surface area is 106 Å². The molecular formula is C13H18N2O3. The Bertz CT molecular complexity index is 392. The number of pyridine rings is 1. The lowest BCUT2D eigenvalue weighted by atomic mass is 10.1. The van der Waals surface area contributed by atoms with Crippen molar-refractivity contribution in [1.29, 1.82) is 0 Å². The monoisotopic (exact) mass is 250 g/mol. The van der Waals surface area contributed by atoms with Gasteiger partial charge in [0.1, 0.15) is 6.04 Å². The topological polar surface area (TPSA) is 79.3 Å². The molecule has 1 aromatic rings. The van der Waals surface area contributed by atoms with E-state index in [-0.39, 0.29) is 12.3 Å². The Morgan fingerprint density at radius 1 is 1.44 bits per heavy atom. The summed E-state index contributed by atoms with van der Waals surface area (Å²) in [5, 5.41) is 11.5. The summed E-state index contributed by atoms with van der Waals surface area (Å²) in [7, 11) is 0. The van der Waals surface area contributed by atoms with Crippen molar-refractivity contribution in [2.45, 2.75) is 38.6 Å². The van der Waals surface area contributed by atoms with Crippen LogP contribution in [0.3, 0.4) is 0 Å². The SMILES string of the molecule is CCCCC(NC(=O)Cc1ccccn1)C(=O)O. The van der Waals surface area contributed by atoms with Crippen LogP contribution in [0.5, 0.6) is 0 Å². The van der Waals surface area contributed by atoms with Crippen molar-refractivity contribution >= 4 is 11.9 Å². The summed E-state index contributed by atoms with van der Waals surface area (Å²) >= 11 is 0. The van der Waals surface area contributed by atoms with Gasteiger partial charge >= 0.3 is 5.97 Å². The summed E-state index contributed by atoms with van der Waals surface area (Å²) in [6.07, 6.45) is 3.85. The van der Waals surface area contributed by atoms with E-state index >= 15 is 0 Å². The Balaban J connectivity index is 2.48. The normalized spacial score (nSPS) is 11.8. The molecule has 0 aromatic carbocycles. The van der Waals surface area contributed by atoms with Gasteiger partial charge in [0.05, 0.1) is 6.42 Å². The van der Waals surface area contributed by atoms with Crippen molar-refractivity contribution in [3.8, 4) is 0 Å². The van der Waals surface area contributed by atoms with Crippen molar-refractivity contribution in [2.24, 2.45) is 0 Å². The third-order valence-electron chi connectivity index (χ3n) is 2.55. The zero-order chi connectivity index (χ0) is 13.4. The number of carbonyl (C=O) groups is 2. The minimum absolute atomic E-state index is 0.108. The fourth-order valence-corrected chi connectivity index (χ4v) is 1.58. The number of unbranched alkanes of at least 4 members (excludes halogenated alkanes) is 1. The second kappa shape index (κ2) is 7.42. The largest absolute Gasteiger partial charge is 0.480 e. The smallest absolute Gasteiger partial charge is 0.326 e. The molecule has 18 heavy (non-hydrogen) atoms. The summed E-state index contributed by atoms with van der Waals surface area (Å²) in [4.78, 5) is 26.7. The Kier molecular flexibility index (Phi) is 5.84. The van der Waals surface area contributed by atoms with Crippen LogP contribution < -0.4 is 5.32 Å². The van der Waals surface area contributed by atoms with E-state index in [0.29, 0.717) is 12.1 Å². The van der Waals surface area contributed by atoms with Gasteiger partial charge in [-0.05, 0) is 18.6 Å². The van der Waals surface area contributed by atoms with Crippen LogP contribution in [0, 0.1) is 0 Å². The zero-order valence-electron chi connectivity index (χ0n) is 10.4. The minimum Gasteiger partial charge on any atom is -0.480 e. The number of carboxylic acids is 1. The molecule has 1 unspecified atom stereocenters. The summed E-state index contributed by atoms with van der Waals surface area (Å²) in [5.41, 5.74) is 0.634. The van der Waals surface area contributed by atoms with Gasteiger partial charge in [-0.25, -0.2) is 4.79 Å². The Morgan fingerprint density at radius 3 is 2.78 bits per heavy atom. The predicted molar refractivity (Wildman–Crippen MR) is 67.0 cm³/mol. The molecule has 0 spiro atoms. The van der Waals surface area contributed by atoms with Crippen molar-refractivity contribution in [3.63, 3.8) is 0 Å². The molecule has 0 radical (unpaired) electrons. The second-order valence-electron chi connectivity index (χ2n) is 4.10. The number of aromatic nitrogens is 1. The van der Waals surface area contributed by atoms with Gasteiger partial charge in [0.2, 0.25) is 5.91 Å². The van der Waals surface area contributed by atoms with Gasteiger partial charge in [-0.15, -0.1) is 0 Å². The van der Waals surface area contributed by atoms with Crippen LogP contribution in [-0.2, 0) is 16.0 Å². The molecule has 5 nitrogen and oxygen atoms in total. The van der Waals surface area contributed by atoms with E-state index in [4.69, 9.17) is 5.11 Å². The van der Waals surface area contributed by atoms with E-state index < -0.39 is 12.0 Å². The number of rotatable bonds is 7. The maximum absolute atomic E-state index is 11.7. The standard InChI is InChI=1S/C13H18N2O3/c1-2-3-7-11(13(17)18)15-12(16)9-10-6-4-5-8-14-10/h4-6,8,11H,2-3,7,9H2,1H3,(H,15,16)(H,17,18). The molecule has 1 heterocycles. The van der Waals surface area contributed by atoms with Gasteiger partial charge < -0.3 is 10.4 Å². The first-order chi connectivity index (χ1) is 8.63. The van der Waals surface area contributed by atoms with Gasteiger partial charge in [-0.3, -0.25) is 9.78 Å².